The number of carbonyl (C=O) groups is 1. The fourth-order valence-electron chi connectivity index (χ4n) is 3.01. The molecule has 0 radical (unpaired) electrons. The zero-order valence-electron chi connectivity index (χ0n) is 14.5. The average Bonchev–Trinajstić information content (AvgIpc) is 2.62. The molecule has 1 aliphatic heterocycles. The number of anilines is 1. The predicted octanol–water partition coefficient (Wildman–Crippen LogP) is 3.30. The van der Waals surface area contributed by atoms with Crippen LogP contribution < -0.4 is 9.64 Å². The van der Waals surface area contributed by atoms with Crippen molar-refractivity contribution < 1.29 is 9.53 Å². The van der Waals surface area contributed by atoms with E-state index in [1.807, 2.05) is 24.3 Å². The number of fused-ring (bicyclic) bond motifs is 1. The minimum absolute atomic E-state index is 0.187. The van der Waals surface area contributed by atoms with E-state index in [0.717, 1.165) is 60.9 Å². The first-order valence-electron chi connectivity index (χ1n) is 8.32. The van der Waals surface area contributed by atoms with Crippen molar-refractivity contribution in [1.82, 2.24) is 9.88 Å². The van der Waals surface area contributed by atoms with Crippen LogP contribution in [0.15, 0.2) is 24.3 Å². The molecule has 0 atom stereocenters. The number of nitrogens with zero attached hydrogens (tertiary/aromatic N) is 3. The van der Waals surface area contributed by atoms with E-state index in [1.54, 1.807) is 14.0 Å². The highest BCUT2D eigenvalue weighted by Crippen LogP contribution is 2.31. The van der Waals surface area contributed by atoms with Gasteiger partial charge in [-0.25, -0.2) is 4.98 Å². The van der Waals surface area contributed by atoms with E-state index in [1.165, 1.54) is 11.8 Å². The molecule has 134 valence electrons. The molecule has 0 aliphatic carbocycles. The number of piperazine rings is 1. The van der Waals surface area contributed by atoms with E-state index < -0.39 is 0 Å². The third-order valence-electron chi connectivity index (χ3n) is 4.38. The number of carbonyl (C=O) groups excluding carboxylic acids is 1. The number of halogens is 1. The first-order valence-corrected chi connectivity index (χ1v) is 9.69. The monoisotopic (exact) mass is 379 g/mol. The van der Waals surface area contributed by atoms with Crippen LogP contribution in [-0.2, 0) is 4.79 Å². The number of aromatic nitrogens is 1. The quantitative estimate of drug-likeness (QED) is 0.794. The fourth-order valence-corrected chi connectivity index (χ4v) is 3.86. The van der Waals surface area contributed by atoms with Crippen molar-refractivity contribution in [3.05, 3.63) is 29.3 Å². The van der Waals surface area contributed by atoms with Crippen molar-refractivity contribution in [2.24, 2.45) is 0 Å². The number of rotatable bonds is 5. The van der Waals surface area contributed by atoms with Crippen LogP contribution in [0.1, 0.15) is 6.92 Å². The molecule has 1 fully saturated rings. The molecule has 2 aromatic rings. The van der Waals surface area contributed by atoms with Crippen LogP contribution in [0.5, 0.6) is 5.75 Å². The second-order valence-corrected chi connectivity index (χ2v) is 7.66. The Hall–Kier alpha value is -1.50. The molecule has 0 bridgehead atoms. The SMILES string of the molecule is COc1ccc(Cl)c2ccc(N3CCN(CCSC(C)=O)CC3)nc12. The van der Waals surface area contributed by atoms with Gasteiger partial charge in [0.15, 0.2) is 5.12 Å². The topological polar surface area (TPSA) is 45.7 Å². The summed E-state index contributed by atoms with van der Waals surface area (Å²) in [5, 5.41) is 1.78. The molecule has 1 aromatic carbocycles. The smallest absolute Gasteiger partial charge is 0.185 e. The summed E-state index contributed by atoms with van der Waals surface area (Å²) in [7, 11) is 1.65. The highest BCUT2D eigenvalue weighted by Gasteiger charge is 2.19. The maximum atomic E-state index is 11.0. The Kier molecular flexibility index (Phi) is 6.04. The summed E-state index contributed by atoms with van der Waals surface area (Å²) in [6, 6.07) is 7.72. The molecule has 0 spiro atoms. The minimum Gasteiger partial charge on any atom is -0.494 e. The summed E-state index contributed by atoms with van der Waals surface area (Å²) in [5.74, 6) is 2.55. The predicted molar refractivity (Wildman–Crippen MR) is 105 cm³/mol. The van der Waals surface area contributed by atoms with Crippen LogP contribution in [0.2, 0.25) is 5.02 Å². The van der Waals surface area contributed by atoms with Crippen molar-refractivity contribution in [3.63, 3.8) is 0 Å². The summed E-state index contributed by atoms with van der Waals surface area (Å²) >= 11 is 7.67. The third kappa shape index (κ3) is 4.37. The van der Waals surface area contributed by atoms with Gasteiger partial charge in [-0.3, -0.25) is 9.69 Å². The van der Waals surface area contributed by atoms with Gasteiger partial charge in [0.25, 0.3) is 0 Å². The van der Waals surface area contributed by atoms with Crippen LogP contribution in [0.25, 0.3) is 10.9 Å². The van der Waals surface area contributed by atoms with Gasteiger partial charge in [-0.15, -0.1) is 0 Å². The molecule has 0 unspecified atom stereocenters. The zero-order chi connectivity index (χ0) is 17.8. The van der Waals surface area contributed by atoms with Gasteiger partial charge < -0.3 is 9.64 Å². The maximum Gasteiger partial charge on any atom is 0.185 e. The van der Waals surface area contributed by atoms with Crippen molar-refractivity contribution in [1.29, 1.82) is 0 Å². The summed E-state index contributed by atoms with van der Waals surface area (Å²) in [6.45, 7) is 6.37. The van der Waals surface area contributed by atoms with Gasteiger partial charge in [-0.05, 0) is 24.3 Å². The van der Waals surface area contributed by atoms with Gasteiger partial charge >= 0.3 is 0 Å². The molecule has 25 heavy (non-hydrogen) atoms. The second kappa shape index (κ2) is 8.25. The van der Waals surface area contributed by atoms with Gasteiger partial charge in [0.05, 0.1) is 12.1 Å². The Morgan fingerprint density at radius 2 is 2.00 bits per heavy atom. The Labute approximate surface area is 157 Å². The summed E-state index contributed by atoms with van der Waals surface area (Å²) in [4.78, 5) is 20.5. The lowest BCUT2D eigenvalue weighted by molar-refractivity contribution is -0.109. The molecular formula is C18H22ClN3O2S. The molecule has 1 saturated heterocycles. The second-order valence-electron chi connectivity index (χ2n) is 5.98. The van der Waals surface area contributed by atoms with Crippen molar-refractivity contribution in [2.45, 2.75) is 6.92 Å². The molecule has 5 nitrogen and oxygen atoms in total. The van der Waals surface area contributed by atoms with Gasteiger partial charge in [-0.2, -0.15) is 0 Å². The lowest BCUT2D eigenvalue weighted by Gasteiger charge is -2.35. The first kappa shape index (κ1) is 18.3. The molecule has 1 aromatic heterocycles. The minimum atomic E-state index is 0.187. The number of ether oxygens (including phenoxy) is 1. The Bertz CT molecular complexity index is 763. The number of hydrogen-bond acceptors (Lipinski definition) is 6. The van der Waals surface area contributed by atoms with Crippen molar-refractivity contribution in [2.75, 3.05) is 50.5 Å². The molecule has 7 heteroatoms. The third-order valence-corrected chi connectivity index (χ3v) is 5.50. The van der Waals surface area contributed by atoms with Gasteiger partial charge in [0.1, 0.15) is 17.1 Å². The van der Waals surface area contributed by atoms with Crippen LogP contribution >= 0.6 is 23.4 Å². The lowest BCUT2D eigenvalue weighted by Crippen LogP contribution is -2.47. The Balaban J connectivity index is 1.68. The molecule has 1 aliphatic rings. The Morgan fingerprint density at radius 3 is 2.68 bits per heavy atom. The maximum absolute atomic E-state index is 11.0. The lowest BCUT2D eigenvalue weighted by atomic mass is 10.2. The van der Waals surface area contributed by atoms with Crippen LogP contribution in [-0.4, -0.2) is 60.6 Å². The van der Waals surface area contributed by atoms with E-state index in [0.29, 0.717) is 5.02 Å². The largest absolute Gasteiger partial charge is 0.494 e. The van der Waals surface area contributed by atoms with Gasteiger partial charge in [0.2, 0.25) is 0 Å². The summed E-state index contributed by atoms with van der Waals surface area (Å²) in [6.07, 6.45) is 0. The summed E-state index contributed by atoms with van der Waals surface area (Å²) < 4.78 is 5.43. The highest BCUT2D eigenvalue weighted by molar-refractivity contribution is 8.13. The molecule has 2 heterocycles. The van der Waals surface area contributed by atoms with E-state index in [9.17, 15) is 4.79 Å². The fraction of sp³-hybridized carbons (Fsp3) is 0.444. The van der Waals surface area contributed by atoms with Crippen molar-refractivity contribution >= 4 is 45.2 Å². The number of thioether (sulfide) groups is 1. The standard InChI is InChI=1S/C18H22ClN3O2S/c1-13(23)25-12-11-21-7-9-22(10-8-21)17-6-3-14-15(19)4-5-16(24-2)18(14)20-17/h3-6H,7-12H2,1-2H3. The average molecular weight is 380 g/mol. The van der Waals surface area contributed by atoms with E-state index >= 15 is 0 Å². The number of hydrogen-bond donors (Lipinski definition) is 0. The molecule has 0 amide bonds. The van der Waals surface area contributed by atoms with Gasteiger partial charge in [-0.1, -0.05) is 23.4 Å². The van der Waals surface area contributed by atoms with E-state index in [2.05, 4.69) is 9.80 Å². The van der Waals surface area contributed by atoms with Crippen molar-refractivity contribution in [3.8, 4) is 5.75 Å². The normalized spacial score (nSPS) is 15.6. The first-order chi connectivity index (χ1) is 12.1. The highest BCUT2D eigenvalue weighted by atomic mass is 35.5. The number of methoxy groups -OCH3 is 1. The van der Waals surface area contributed by atoms with Crippen LogP contribution in [0.3, 0.4) is 0 Å². The van der Waals surface area contributed by atoms with Gasteiger partial charge in [0, 0.05) is 50.8 Å². The molecule has 3 rings (SSSR count). The van der Waals surface area contributed by atoms with Crippen LogP contribution in [0.4, 0.5) is 5.82 Å². The number of benzene rings is 1. The van der Waals surface area contributed by atoms with E-state index in [4.69, 9.17) is 21.3 Å². The van der Waals surface area contributed by atoms with Crippen LogP contribution in [0, 0.1) is 0 Å². The zero-order valence-corrected chi connectivity index (χ0v) is 16.1. The number of pyridine rings is 1. The summed E-state index contributed by atoms with van der Waals surface area (Å²) in [5.41, 5.74) is 0.799. The Morgan fingerprint density at radius 1 is 1.24 bits per heavy atom. The molecule has 0 saturated carbocycles. The van der Waals surface area contributed by atoms with E-state index in [-0.39, 0.29) is 5.12 Å². The molecular weight excluding hydrogens is 358 g/mol. The molecule has 0 N–H and O–H groups in total.